The summed E-state index contributed by atoms with van der Waals surface area (Å²) in [6.45, 7) is 5.38. The minimum Gasteiger partial charge on any atom is -0.200 e. The molecule has 7 rings (SSSR count). The molecule has 0 bridgehead atoms. The number of pyridine rings is 1. The summed E-state index contributed by atoms with van der Waals surface area (Å²) < 4.78 is 343. The summed E-state index contributed by atoms with van der Waals surface area (Å²) in [5.41, 5.74) is -27.5. The van der Waals surface area contributed by atoms with Crippen LogP contribution in [-0.4, -0.2) is 6.15 Å². The Balaban J connectivity index is 0.000000397. The lowest BCUT2D eigenvalue weighted by Gasteiger charge is -2.46. The van der Waals surface area contributed by atoms with E-state index in [1.165, 1.54) is 21.9 Å². The minimum atomic E-state index is -6.13. The number of halogens is 24. The largest absolute Gasteiger partial charge is 0.416 e. The number of benzene rings is 6. The van der Waals surface area contributed by atoms with Crippen molar-refractivity contribution in [2.45, 2.75) is 75.7 Å². The maximum atomic E-state index is 14.2. The molecule has 6 aromatic carbocycles. The van der Waals surface area contributed by atoms with Gasteiger partial charge in [0.25, 0.3) is 0 Å². The third-order valence-electron chi connectivity index (χ3n) is 12.2. The van der Waals surface area contributed by atoms with Crippen molar-refractivity contribution < 1.29 is 110 Å². The van der Waals surface area contributed by atoms with Crippen LogP contribution >= 0.6 is 0 Å². The van der Waals surface area contributed by atoms with E-state index in [0.717, 1.165) is 6.54 Å². The summed E-state index contributed by atoms with van der Waals surface area (Å²) in [5, 5.41) is 2.58. The number of aromatic nitrogens is 1. The van der Waals surface area contributed by atoms with Crippen LogP contribution in [-0.2, 0) is 56.0 Å². The van der Waals surface area contributed by atoms with Crippen molar-refractivity contribution >= 4 is 38.8 Å². The summed E-state index contributed by atoms with van der Waals surface area (Å²) in [6, 6.07) is 10.8. The Morgan fingerprint density at radius 2 is 0.597 bits per heavy atom. The van der Waals surface area contributed by atoms with Gasteiger partial charge in [0, 0.05) is 17.0 Å². The molecule has 412 valence electrons. The summed E-state index contributed by atoms with van der Waals surface area (Å²) in [5.74, 6) is 0.595. The zero-order chi connectivity index (χ0) is 57.9. The van der Waals surface area contributed by atoms with E-state index < -0.39 is 195 Å². The molecule has 0 atom stereocenters. The first-order valence-corrected chi connectivity index (χ1v) is 21.8. The average molecular weight is 1130 g/mol. The van der Waals surface area contributed by atoms with E-state index >= 15 is 0 Å². The van der Waals surface area contributed by atoms with Crippen molar-refractivity contribution in [2.24, 2.45) is 0 Å². The lowest BCUT2D eigenvalue weighted by molar-refractivity contribution is -0.687. The molecule has 0 aliphatic heterocycles. The second-order valence-electron chi connectivity index (χ2n) is 17.9. The minimum absolute atomic E-state index is 0.595. The van der Waals surface area contributed by atoms with Crippen molar-refractivity contribution in [1.29, 1.82) is 0 Å². The highest BCUT2D eigenvalue weighted by Gasteiger charge is 2.47. The van der Waals surface area contributed by atoms with Crippen LogP contribution in [0.4, 0.5) is 105 Å². The number of nitrogens with zero attached hydrogens (tertiary/aromatic N) is 1. The first kappa shape index (κ1) is 59.4. The molecule has 0 aliphatic carbocycles. The van der Waals surface area contributed by atoms with Gasteiger partial charge < -0.3 is 0 Å². The average Bonchev–Trinajstić information content (AvgIpc) is 3.29. The lowest BCUT2D eigenvalue weighted by atomic mass is 9.12. The summed E-state index contributed by atoms with van der Waals surface area (Å²) in [4.78, 5) is 0. The van der Waals surface area contributed by atoms with Crippen LogP contribution < -0.4 is 26.4 Å². The molecule has 0 radical (unpaired) electrons. The van der Waals surface area contributed by atoms with Crippen molar-refractivity contribution in [3.63, 3.8) is 0 Å². The van der Waals surface area contributed by atoms with Gasteiger partial charge in [-0.15, -0.1) is 0 Å². The van der Waals surface area contributed by atoms with E-state index in [0.29, 0.717) is 5.92 Å². The van der Waals surface area contributed by atoms with Gasteiger partial charge in [-0.1, -0.05) is 105 Å². The van der Waals surface area contributed by atoms with Crippen LogP contribution in [0.2, 0.25) is 0 Å². The van der Waals surface area contributed by atoms with E-state index in [-0.39, 0.29) is 0 Å². The SMILES string of the molecule is CC(C)c1ccc(C[n+]2ccc3ccccc3c2)cc1.FC(F)(F)c1cc([B-](c2cc(C(F)(F)F)cc(C(F)(F)F)c2)(c2cc(C(F)(F)F)cc(C(F)(F)F)c2)c2cc(C(F)(F)F)cc(C(F)(F)F)c2)cc(C(F)(F)F)c1. The molecule has 0 N–H and O–H groups in total. The molecule has 26 heteroatoms. The fourth-order valence-electron chi connectivity index (χ4n) is 8.57. The van der Waals surface area contributed by atoms with Crippen molar-refractivity contribution in [3.05, 3.63) is 195 Å². The Bertz CT molecular complexity index is 2800. The quantitative estimate of drug-likeness (QED) is 0.0851. The van der Waals surface area contributed by atoms with Crippen LogP contribution in [0.1, 0.15) is 75.4 Å². The maximum absolute atomic E-state index is 14.2. The third-order valence-corrected chi connectivity index (χ3v) is 12.2. The van der Waals surface area contributed by atoms with E-state index in [1.54, 1.807) is 0 Å². The lowest BCUT2D eigenvalue weighted by Crippen LogP contribution is -2.75. The molecule has 0 unspecified atom stereocenters. The van der Waals surface area contributed by atoms with Gasteiger partial charge >= 0.3 is 49.4 Å². The number of hydrogen-bond acceptors (Lipinski definition) is 0. The first-order chi connectivity index (χ1) is 35.0. The highest BCUT2D eigenvalue weighted by atomic mass is 19.4. The molecule has 77 heavy (non-hydrogen) atoms. The van der Waals surface area contributed by atoms with Gasteiger partial charge in [-0.3, -0.25) is 0 Å². The molecule has 0 aliphatic rings. The van der Waals surface area contributed by atoms with Gasteiger partial charge in [0.05, 0.1) is 44.5 Å². The second kappa shape index (κ2) is 20.5. The molecule has 0 saturated carbocycles. The third kappa shape index (κ3) is 13.6. The van der Waals surface area contributed by atoms with Crippen molar-refractivity contribution in [2.75, 3.05) is 0 Å². The van der Waals surface area contributed by atoms with E-state index in [2.05, 4.69) is 85.4 Å². The normalized spacial score (nSPS) is 13.5. The number of rotatable bonds is 7. The van der Waals surface area contributed by atoms with Crippen LogP contribution in [0.15, 0.2) is 140 Å². The van der Waals surface area contributed by atoms with Crippen LogP contribution in [0.5, 0.6) is 0 Å². The zero-order valence-corrected chi connectivity index (χ0v) is 38.7. The molecular weight excluding hydrogens is 1090 g/mol. The second-order valence-corrected chi connectivity index (χ2v) is 17.9. The van der Waals surface area contributed by atoms with E-state index in [9.17, 15) is 105 Å². The van der Waals surface area contributed by atoms with Gasteiger partial charge in [0.1, 0.15) is 6.15 Å². The summed E-state index contributed by atoms with van der Waals surface area (Å²) in [6.07, 6.45) is -50.4. The molecule has 0 spiro atoms. The molecule has 7 aromatic rings. The Hall–Kier alpha value is -6.89. The van der Waals surface area contributed by atoms with Gasteiger partial charge in [0.2, 0.25) is 0 Å². The molecule has 1 nitrogen and oxygen atoms in total. The van der Waals surface area contributed by atoms with Crippen molar-refractivity contribution in [1.82, 2.24) is 0 Å². The predicted octanol–water partition coefficient (Wildman–Crippen LogP) is 15.5. The maximum Gasteiger partial charge on any atom is 0.416 e. The fourth-order valence-corrected chi connectivity index (χ4v) is 8.57. The standard InChI is InChI=1S/C32H12BF24.C19H20N/c34-25(35,36)13-1-14(26(37,38)39)6-21(5-13)33(22-7-15(27(40,41)42)2-16(8-22)28(43,44)45,23-9-17(29(46,47)48)3-18(10-23)30(49,50)51)24-11-19(31(52,53)54)4-20(12-24)32(55,56)57;1-15(2)17-9-7-16(8-10-17)13-20-12-11-18-5-3-4-6-19(18)14-20/h1-12H;3-12,14-15H,13H2,1-2H3/q-1;+1. The van der Waals surface area contributed by atoms with Gasteiger partial charge in [-0.25, -0.2) is 4.57 Å². The number of hydrogen-bond donors (Lipinski definition) is 0. The van der Waals surface area contributed by atoms with E-state index in [4.69, 9.17) is 0 Å². The molecule has 0 saturated heterocycles. The Morgan fingerprint density at radius 1 is 0.338 bits per heavy atom. The summed E-state index contributed by atoms with van der Waals surface area (Å²) in [7, 11) is 0. The summed E-state index contributed by atoms with van der Waals surface area (Å²) >= 11 is 0. The van der Waals surface area contributed by atoms with Gasteiger partial charge in [-0.2, -0.15) is 127 Å². The fraction of sp³-hybridized carbons (Fsp3) is 0.235. The smallest absolute Gasteiger partial charge is 0.200 e. The topological polar surface area (TPSA) is 3.88 Å². The zero-order valence-electron chi connectivity index (χ0n) is 38.7. The van der Waals surface area contributed by atoms with Crippen molar-refractivity contribution in [3.8, 4) is 0 Å². The van der Waals surface area contributed by atoms with Crippen LogP contribution in [0.25, 0.3) is 10.8 Å². The Morgan fingerprint density at radius 3 is 0.844 bits per heavy atom. The Labute approximate surface area is 419 Å². The van der Waals surface area contributed by atoms with E-state index in [1.807, 2.05) is 0 Å². The molecule has 0 fully saturated rings. The Kier molecular flexibility index (Phi) is 15.8. The highest BCUT2D eigenvalue weighted by molar-refractivity contribution is 7.20. The molecule has 0 amide bonds. The highest BCUT2D eigenvalue weighted by Crippen LogP contribution is 2.41. The molecule has 1 aromatic heterocycles. The number of fused-ring (bicyclic) bond motifs is 1. The molecular formula is C51H32BF24N. The molecule has 1 heterocycles. The predicted molar refractivity (Wildman–Crippen MR) is 234 cm³/mol. The van der Waals surface area contributed by atoms with Crippen LogP contribution in [0.3, 0.4) is 0 Å². The van der Waals surface area contributed by atoms with Crippen LogP contribution in [0, 0.1) is 0 Å². The van der Waals surface area contributed by atoms with Gasteiger partial charge in [-0.05, 0) is 47.2 Å². The van der Waals surface area contributed by atoms with Gasteiger partial charge in [0.15, 0.2) is 18.9 Å². The number of alkyl halides is 24. The first-order valence-electron chi connectivity index (χ1n) is 21.8. The monoisotopic (exact) mass is 1130 g/mol.